The van der Waals surface area contributed by atoms with Gasteiger partial charge in [-0.1, -0.05) is 64.5 Å². The van der Waals surface area contributed by atoms with E-state index in [-0.39, 0.29) is 0 Å². The van der Waals surface area contributed by atoms with Crippen molar-refractivity contribution in [3.63, 3.8) is 0 Å². The van der Waals surface area contributed by atoms with Crippen molar-refractivity contribution >= 4 is 17.2 Å². The summed E-state index contributed by atoms with van der Waals surface area (Å²) in [4.78, 5) is 4.80. The standard InChI is InChI=1S/C19H29N2/c1-3-5-7-9-12-16-13-11-14-17-19(16)21-18(20-17)15-10-8-6-4-2/h11,13-14H,3-10,12,15H2,1-2H3. The van der Waals surface area contributed by atoms with Gasteiger partial charge in [0.05, 0.1) is 11.4 Å². The van der Waals surface area contributed by atoms with Crippen LogP contribution in [0.5, 0.6) is 0 Å². The Kier molecular flexibility index (Phi) is 6.78. The fourth-order valence-electron chi connectivity index (χ4n) is 2.86. The topological polar surface area (TPSA) is 26.5 Å². The van der Waals surface area contributed by atoms with Crippen LogP contribution in [0, 0.1) is 0 Å². The van der Waals surface area contributed by atoms with Crippen LogP contribution in [-0.4, -0.2) is 5.84 Å². The number of benzene rings is 1. The van der Waals surface area contributed by atoms with E-state index in [1.54, 1.807) is 0 Å². The highest BCUT2D eigenvalue weighted by atomic mass is 15.1. The lowest BCUT2D eigenvalue weighted by molar-refractivity contribution is 0.667. The van der Waals surface area contributed by atoms with Crippen LogP contribution in [0.2, 0.25) is 0 Å². The Morgan fingerprint density at radius 1 is 0.810 bits per heavy atom. The van der Waals surface area contributed by atoms with E-state index >= 15 is 0 Å². The molecular weight excluding hydrogens is 256 g/mol. The molecule has 115 valence electrons. The second-order valence-corrected chi connectivity index (χ2v) is 6.05. The van der Waals surface area contributed by atoms with E-state index in [1.165, 1.54) is 56.9 Å². The summed E-state index contributed by atoms with van der Waals surface area (Å²) in [5, 5.41) is 4.70. The SMILES string of the molecule is CCCCCCC1=Nc2c(CCCCCC)cccc2[N]1. The van der Waals surface area contributed by atoms with Crippen LogP contribution < -0.4 is 5.32 Å². The average molecular weight is 285 g/mol. The summed E-state index contributed by atoms with van der Waals surface area (Å²) in [6.45, 7) is 4.51. The monoisotopic (exact) mass is 285 g/mol. The normalized spacial score (nSPS) is 13.0. The molecule has 2 heteroatoms. The number of unbranched alkanes of at least 4 members (excludes halogenated alkanes) is 6. The lowest BCUT2D eigenvalue weighted by atomic mass is 10.0. The quantitative estimate of drug-likeness (QED) is 0.467. The zero-order valence-corrected chi connectivity index (χ0v) is 13.7. The third-order valence-corrected chi connectivity index (χ3v) is 4.14. The first-order valence-corrected chi connectivity index (χ1v) is 8.76. The van der Waals surface area contributed by atoms with Gasteiger partial charge in [0.25, 0.3) is 0 Å². The number of hydrogen-bond donors (Lipinski definition) is 0. The minimum Gasteiger partial charge on any atom is -0.231 e. The smallest absolute Gasteiger partial charge is 0.129 e. The largest absolute Gasteiger partial charge is 0.231 e. The molecular formula is C19H29N2. The molecule has 0 unspecified atom stereocenters. The van der Waals surface area contributed by atoms with Crippen molar-refractivity contribution in [2.75, 3.05) is 0 Å². The van der Waals surface area contributed by atoms with Crippen molar-refractivity contribution in [1.82, 2.24) is 5.32 Å². The first-order chi connectivity index (χ1) is 10.3. The Morgan fingerprint density at radius 2 is 1.52 bits per heavy atom. The van der Waals surface area contributed by atoms with Crippen LogP contribution in [0.15, 0.2) is 23.2 Å². The van der Waals surface area contributed by atoms with Crippen LogP contribution >= 0.6 is 0 Å². The maximum Gasteiger partial charge on any atom is 0.129 e. The maximum atomic E-state index is 4.80. The number of aryl methyl sites for hydroxylation is 1. The number of hydrogen-bond acceptors (Lipinski definition) is 1. The number of rotatable bonds is 10. The van der Waals surface area contributed by atoms with Crippen LogP contribution in [-0.2, 0) is 6.42 Å². The molecule has 0 aliphatic carbocycles. The Labute approximate surface area is 130 Å². The first-order valence-electron chi connectivity index (χ1n) is 8.76. The van der Waals surface area contributed by atoms with Gasteiger partial charge in [-0.25, -0.2) is 10.3 Å². The van der Waals surface area contributed by atoms with Gasteiger partial charge in [-0.3, -0.25) is 0 Å². The van der Waals surface area contributed by atoms with Crippen molar-refractivity contribution < 1.29 is 0 Å². The zero-order chi connectivity index (χ0) is 14.9. The number of nitrogens with zero attached hydrogens (tertiary/aromatic N) is 2. The van der Waals surface area contributed by atoms with Gasteiger partial charge < -0.3 is 0 Å². The molecule has 0 saturated heterocycles. The third-order valence-electron chi connectivity index (χ3n) is 4.14. The highest BCUT2D eigenvalue weighted by Crippen LogP contribution is 2.35. The lowest BCUT2D eigenvalue weighted by Crippen LogP contribution is -2.05. The molecule has 0 fully saturated rings. The molecule has 0 bridgehead atoms. The Morgan fingerprint density at radius 3 is 2.24 bits per heavy atom. The van der Waals surface area contributed by atoms with Crippen molar-refractivity contribution in [2.45, 2.75) is 78.1 Å². The molecule has 2 nitrogen and oxygen atoms in total. The summed E-state index contributed by atoms with van der Waals surface area (Å²) >= 11 is 0. The number of para-hydroxylation sites is 1. The second kappa shape index (κ2) is 8.86. The van der Waals surface area contributed by atoms with Gasteiger partial charge in [0, 0.05) is 6.42 Å². The van der Waals surface area contributed by atoms with Crippen molar-refractivity contribution in [1.29, 1.82) is 0 Å². The van der Waals surface area contributed by atoms with E-state index in [2.05, 4.69) is 32.0 Å². The molecule has 2 rings (SSSR count). The maximum absolute atomic E-state index is 4.80. The van der Waals surface area contributed by atoms with Crippen LogP contribution in [0.25, 0.3) is 0 Å². The van der Waals surface area contributed by atoms with Crippen molar-refractivity contribution in [3.05, 3.63) is 23.8 Å². The summed E-state index contributed by atoms with van der Waals surface area (Å²) in [6, 6.07) is 6.46. The first kappa shape index (κ1) is 16.1. The predicted octanol–water partition coefficient (Wildman–Crippen LogP) is 6.06. The molecule has 0 aromatic heterocycles. The van der Waals surface area contributed by atoms with E-state index in [1.807, 2.05) is 0 Å². The average Bonchev–Trinajstić information content (AvgIpc) is 2.92. The Balaban J connectivity index is 1.89. The second-order valence-electron chi connectivity index (χ2n) is 6.05. The zero-order valence-electron chi connectivity index (χ0n) is 13.7. The highest BCUT2D eigenvalue weighted by molar-refractivity contribution is 5.96. The van der Waals surface area contributed by atoms with Crippen molar-refractivity contribution in [3.8, 4) is 0 Å². The molecule has 1 aliphatic rings. The number of fused-ring (bicyclic) bond motifs is 1. The fraction of sp³-hybridized carbons (Fsp3) is 0.632. The van der Waals surface area contributed by atoms with Gasteiger partial charge in [-0.05, 0) is 30.9 Å². The predicted molar refractivity (Wildman–Crippen MR) is 91.9 cm³/mol. The summed E-state index contributed by atoms with van der Waals surface area (Å²) in [6.07, 6.45) is 12.5. The minimum absolute atomic E-state index is 1.03. The molecule has 0 atom stereocenters. The molecule has 0 spiro atoms. The molecule has 0 N–H and O–H groups in total. The molecule has 21 heavy (non-hydrogen) atoms. The van der Waals surface area contributed by atoms with Gasteiger partial charge >= 0.3 is 0 Å². The number of aliphatic imine (C=N–C) groups is 1. The number of amidine groups is 1. The molecule has 1 aromatic rings. The van der Waals surface area contributed by atoms with E-state index in [9.17, 15) is 0 Å². The van der Waals surface area contributed by atoms with E-state index in [0.717, 1.165) is 30.1 Å². The fourth-order valence-corrected chi connectivity index (χ4v) is 2.86. The molecule has 1 heterocycles. The molecule has 0 amide bonds. The van der Waals surface area contributed by atoms with E-state index in [0.29, 0.717) is 0 Å². The Hall–Kier alpha value is -1.31. The van der Waals surface area contributed by atoms with Gasteiger partial charge in [-0.15, -0.1) is 0 Å². The van der Waals surface area contributed by atoms with E-state index < -0.39 is 0 Å². The molecule has 1 aliphatic heterocycles. The van der Waals surface area contributed by atoms with Gasteiger partial charge in [-0.2, -0.15) is 0 Å². The summed E-state index contributed by atoms with van der Waals surface area (Å²) in [5.74, 6) is 1.04. The summed E-state index contributed by atoms with van der Waals surface area (Å²) < 4.78 is 0. The van der Waals surface area contributed by atoms with Gasteiger partial charge in [0.2, 0.25) is 0 Å². The van der Waals surface area contributed by atoms with Gasteiger partial charge in [0.1, 0.15) is 5.84 Å². The third kappa shape index (κ3) is 4.87. The van der Waals surface area contributed by atoms with Crippen LogP contribution in [0.1, 0.15) is 77.2 Å². The van der Waals surface area contributed by atoms with Crippen LogP contribution in [0.3, 0.4) is 0 Å². The Bertz CT molecular complexity index is 463. The molecule has 0 saturated carbocycles. The van der Waals surface area contributed by atoms with Crippen LogP contribution in [0.4, 0.5) is 11.4 Å². The summed E-state index contributed by atoms with van der Waals surface area (Å²) in [7, 11) is 0. The molecule has 1 radical (unpaired) electrons. The highest BCUT2D eigenvalue weighted by Gasteiger charge is 2.17. The molecule has 1 aromatic carbocycles. The lowest BCUT2D eigenvalue weighted by Gasteiger charge is -2.05. The summed E-state index contributed by atoms with van der Waals surface area (Å²) in [5.41, 5.74) is 3.63. The van der Waals surface area contributed by atoms with Crippen molar-refractivity contribution in [2.24, 2.45) is 4.99 Å². The van der Waals surface area contributed by atoms with E-state index in [4.69, 9.17) is 10.3 Å². The minimum atomic E-state index is 1.03. The van der Waals surface area contributed by atoms with Gasteiger partial charge in [0.15, 0.2) is 0 Å².